The number of sulfonamides is 1. The van der Waals surface area contributed by atoms with E-state index in [1.807, 2.05) is 24.3 Å². The van der Waals surface area contributed by atoms with Gasteiger partial charge in [0.05, 0.1) is 4.90 Å². The van der Waals surface area contributed by atoms with Crippen LogP contribution in [-0.2, 0) is 30.8 Å². The molecule has 0 spiro atoms. The quantitative estimate of drug-likeness (QED) is 0.656. The SMILES string of the molecule is O=C(OCC(=O)N1CCc2ccccc21)[C@@H]1CCCN1S(=O)(=O)c1ccc(Cl)cc1. The third-order valence-corrected chi connectivity index (χ3v) is 7.60. The fourth-order valence-corrected chi connectivity index (χ4v) is 5.68. The number of nitrogens with zero attached hydrogens (tertiary/aromatic N) is 2. The first-order valence-electron chi connectivity index (χ1n) is 9.70. The summed E-state index contributed by atoms with van der Waals surface area (Å²) in [7, 11) is -3.87. The van der Waals surface area contributed by atoms with E-state index in [1.165, 1.54) is 24.3 Å². The number of rotatable bonds is 5. The maximum atomic E-state index is 12.9. The minimum absolute atomic E-state index is 0.0661. The molecule has 4 rings (SSSR count). The van der Waals surface area contributed by atoms with Crippen LogP contribution in [-0.4, -0.2) is 50.3 Å². The number of esters is 1. The van der Waals surface area contributed by atoms with E-state index in [9.17, 15) is 18.0 Å². The molecule has 1 atom stereocenters. The predicted molar refractivity (Wildman–Crippen MR) is 112 cm³/mol. The number of carbonyl (C=O) groups is 2. The molecule has 2 heterocycles. The second kappa shape index (κ2) is 8.37. The van der Waals surface area contributed by atoms with Gasteiger partial charge in [-0.3, -0.25) is 9.59 Å². The third kappa shape index (κ3) is 3.95. The van der Waals surface area contributed by atoms with Gasteiger partial charge in [-0.05, 0) is 55.2 Å². The van der Waals surface area contributed by atoms with E-state index in [0.29, 0.717) is 24.4 Å². The zero-order valence-electron chi connectivity index (χ0n) is 16.2. The number of carbonyl (C=O) groups excluding carboxylic acids is 2. The van der Waals surface area contributed by atoms with E-state index in [-0.39, 0.29) is 17.3 Å². The van der Waals surface area contributed by atoms with Crippen molar-refractivity contribution < 1.29 is 22.7 Å². The van der Waals surface area contributed by atoms with Crippen LogP contribution in [0.2, 0.25) is 5.02 Å². The molecular formula is C21H21ClN2O5S. The van der Waals surface area contributed by atoms with Crippen LogP contribution in [0.1, 0.15) is 18.4 Å². The lowest BCUT2D eigenvalue weighted by Crippen LogP contribution is -2.42. The van der Waals surface area contributed by atoms with Crippen molar-refractivity contribution in [1.82, 2.24) is 4.31 Å². The zero-order valence-corrected chi connectivity index (χ0v) is 17.7. The number of benzene rings is 2. The third-order valence-electron chi connectivity index (χ3n) is 5.42. The maximum absolute atomic E-state index is 12.9. The summed E-state index contributed by atoms with van der Waals surface area (Å²) in [6.45, 7) is 0.340. The Hall–Kier alpha value is -2.42. The molecule has 1 fully saturated rings. The number of para-hydroxylation sites is 1. The van der Waals surface area contributed by atoms with Gasteiger partial charge in [0.2, 0.25) is 10.0 Å². The molecule has 1 amide bonds. The maximum Gasteiger partial charge on any atom is 0.324 e. The Morgan fingerprint density at radius 1 is 1.07 bits per heavy atom. The highest BCUT2D eigenvalue weighted by Gasteiger charge is 2.40. The van der Waals surface area contributed by atoms with Gasteiger partial charge in [-0.15, -0.1) is 0 Å². The van der Waals surface area contributed by atoms with Gasteiger partial charge < -0.3 is 9.64 Å². The van der Waals surface area contributed by atoms with Gasteiger partial charge in [0.15, 0.2) is 6.61 Å². The number of anilines is 1. The number of hydrogen-bond acceptors (Lipinski definition) is 5. The summed E-state index contributed by atoms with van der Waals surface area (Å²) in [4.78, 5) is 26.9. The first-order valence-corrected chi connectivity index (χ1v) is 11.5. The lowest BCUT2D eigenvalue weighted by atomic mass is 10.2. The molecule has 2 aromatic carbocycles. The Bertz CT molecular complexity index is 1070. The van der Waals surface area contributed by atoms with Gasteiger partial charge in [0.1, 0.15) is 6.04 Å². The molecule has 2 aliphatic rings. The fraction of sp³-hybridized carbons (Fsp3) is 0.333. The lowest BCUT2D eigenvalue weighted by Gasteiger charge is -2.23. The normalized spacial score (nSPS) is 19.0. The summed E-state index contributed by atoms with van der Waals surface area (Å²) >= 11 is 5.84. The molecule has 0 bridgehead atoms. The molecule has 7 nitrogen and oxygen atoms in total. The van der Waals surface area contributed by atoms with Crippen LogP contribution in [0.3, 0.4) is 0 Å². The zero-order chi connectivity index (χ0) is 21.3. The lowest BCUT2D eigenvalue weighted by molar-refractivity contribution is -0.151. The van der Waals surface area contributed by atoms with Crippen molar-refractivity contribution in [2.75, 3.05) is 24.6 Å². The van der Waals surface area contributed by atoms with Crippen molar-refractivity contribution in [2.24, 2.45) is 0 Å². The average molecular weight is 449 g/mol. The van der Waals surface area contributed by atoms with Crippen molar-refractivity contribution in [3.8, 4) is 0 Å². The molecule has 0 aromatic heterocycles. The number of amides is 1. The van der Waals surface area contributed by atoms with Crippen molar-refractivity contribution >= 4 is 39.2 Å². The monoisotopic (exact) mass is 448 g/mol. The van der Waals surface area contributed by atoms with Crippen molar-refractivity contribution in [3.05, 3.63) is 59.1 Å². The number of ether oxygens (including phenoxy) is 1. The highest BCUT2D eigenvalue weighted by molar-refractivity contribution is 7.89. The van der Waals surface area contributed by atoms with E-state index in [0.717, 1.165) is 22.0 Å². The number of hydrogen-bond donors (Lipinski definition) is 0. The Labute approximate surface area is 180 Å². The van der Waals surface area contributed by atoms with Gasteiger partial charge in [-0.2, -0.15) is 4.31 Å². The summed E-state index contributed by atoms with van der Waals surface area (Å²) in [6, 6.07) is 12.5. The van der Waals surface area contributed by atoms with Crippen molar-refractivity contribution in [2.45, 2.75) is 30.2 Å². The van der Waals surface area contributed by atoms with Crippen molar-refractivity contribution in [1.29, 1.82) is 0 Å². The molecule has 0 N–H and O–H groups in total. The molecule has 2 aromatic rings. The smallest absolute Gasteiger partial charge is 0.324 e. The van der Waals surface area contributed by atoms with E-state index in [4.69, 9.17) is 16.3 Å². The Kier molecular flexibility index (Phi) is 5.81. The molecule has 1 saturated heterocycles. The second-order valence-electron chi connectivity index (χ2n) is 7.26. The largest absolute Gasteiger partial charge is 0.454 e. The van der Waals surface area contributed by atoms with E-state index in [1.54, 1.807) is 4.90 Å². The second-order valence-corrected chi connectivity index (χ2v) is 9.59. The minimum Gasteiger partial charge on any atom is -0.454 e. The van der Waals surface area contributed by atoms with Crippen LogP contribution >= 0.6 is 11.6 Å². The highest BCUT2D eigenvalue weighted by atomic mass is 35.5. The molecule has 9 heteroatoms. The minimum atomic E-state index is -3.87. The molecule has 0 radical (unpaired) electrons. The van der Waals surface area contributed by atoms with Gasteiger partial charge in [-0.25, -0.2) is 8.42 Å². The average Bonchev–Trinajstić information content (AvgIpc) is 3.40. The van der Waals surface area contributed by atoms with Gasteiger partial charge >= 0.3 is 5.97 Å². The van der Waals surface area contributed by atoms with Crippen LogP contribution in [0.15, 0.2) is 53.4 Å². The standard InChI is InChI=1S/C21H21ClN2O5S/c22-16-7-9-17(10-8-16)30(27,28)24-12-3-6-19(24)21(26)29-14-20(25)23-13-11-15-4-1-2-5-18(15)23/h1-2,4-5,7-10,19H,3,6,11-14H2/t19-/m0/s1. The van der Waals surface area contributed by atoms with Crippen LogP contribution in [0.25, 0.3) is 0 Å². The molecule has 0 saturated carbocycles. The van der Waals surface area contributed by atoms with E-state index < -0.39 is 28.6 Å². The Balaban J connectivity index is 1.42. The number of halogens is 1. The van der Waals surface area contributed by atoms with E-state index >= 15 is 0 Å². The fourth-order valence-electron chi connectivity index (χ4n) is 3.91. The highest BCUT2D eigenvalue weighted by Crippen LogP contribution is 2.29. The number of fused-ring (bicyclic) bond motifs is 1. The van der Waals surface area contributed by atoms with Gasteiger partial charge in [0.25, 0.3) is 5.91 Å². The summed E-state index contributed by atoms with van der Waals surface area (Å²) in [5.74, 6) is -1.02. The summed E-state index contributed by atoms with van der Waals surface area (Å²) < 4.78 is 32.3. The molecule has 0 unspecified atom stereocenters. The van der Waals surface area contributed by atoms with Crippen LogP contribution in [0.4, 0.5) is 5.69 Å². The van der Waals surface area contributed by atoms with Crippen molar-refractivity contribution in [3.63, 3.8) is 0 Å². The molecular weight excluding hydrogens is 428 g/mol. The van der Waals surface area contributed by atoms with Crippen LogP contribution in [0, 0.1) is 0 Å². The first kappa shape index (κ1) is 20.8. The molecule has 2 aliphatic heterocycles. The molecule has 0 aliphatic carbocycles. The summed E-state index contributed by atoms with van der Waals surface area (Å²) in [5, 5.41) is 0.424. The Morgan fingerprint density at radius 2 is 1.80 bits per heavy atom. The van der Waals surface area contributed by atoms with Gasteiger partial charge in [0, 0.05) is 23.8 Å². The predicted octanol–water partition coefficient (Wildman–Crippen LogP) is 2.63. The topological polar surface area (TPSA) is 84.0 Å². The van der Waals surface area contributed by atoms with Crippen LogP contribution < -0.4 is 4.90 Å². The van der Waals surface area contributed by atoms with Crippen LogP contribution in [0.5, 0.6) is 0 Å². The van der Waals surface area contributed by atoms with E-state index in [2.05, 4.69) is 0 Å². The first-order chi connectivity index (χ1) is 14.4. The Morgan fingerprint density at radius 3 is 2.57 bits per heavy atom. The molecule has 30 heavy (non-hydrogen) atoms. The van der Waals surface area contributed by atoms with Gasteiger partial charge in [-0.1, -0.05) is 29.8 Å². The molecule has 158 valence electrons. The summed E-state index contributed by atoms with van der Waals surface area (Å²) in [5.41, 5.74) is 1.90. The summed E-state index contributed by atoms with van der Waals surface area (Å²) in [6.07, 6.45) is 1.65.